The van der Waals surface area contributed by atoms with Crippen molar-refractivity contribution in [2.24, 2.45) is 0 Å². The Morgan fingerprint density at radius 3 is 1.96 bits per heavy atom. The van der Waals surface area contributed by atoms with Crippen molar-refractivity contribution in [2.75, 3.05) is 29.5 Å². The van der Waals surface area contributed by atoms with Crippen molar-refractivity contribution in [3.05, 3.63) is 136 Å². The van der Waals surface area contributed by atoms with Gasteiger partial charge in [-0.25, -0.2) is 8.42 Å². The molecule has 56 heavy (non-hydrogen) atoms. The van der Waals surface area contributed by atoms with E-state index in [-0.39, 0.29) is 21.3 Å². The zero-order valence-electron chi connectivity index (χ0n) is 32.3. The van der Waals surface area contributed by atoms with Crippen LogP contribution >= 0.6 is 0 Å². The van der Waals surface area contributed by atoms with Gasteiger partial charge in [-0.15, -0.1) is 0 Å². The number of unbranched alkanes of at least 4 members (excludes halogenated alkanes) is 2. The number of fused-ring (bicyclic) bond motifs is 2. The molecule has 0 saturated heterocycles. The van der Waals surface area contributed by atoms with Crippen LogP contribution in [0, 0.1) is 0 Å². The van der Waals surface area contributed by atoms with Crippen LogP contribution in [-0.4, -0.2) is 69.2 Å². The van der Waals surface area contributed by atoms with Gasteiger partial charge in [0.2, 0.25) is 15.5 Å². The second kappa shape index (κ2) is 16.0. The number of hydrogen-bond donors (Lipinski definition) is 2. The molecule has 2 heterocycles. The highest BCUT2D eigenvalue weighted by Gasteiger charge is 2.44. The topological polar surface area (TPSA) is 149 Å². The summed E-state index contributed by atoms with van der Waals surface area (Å²) in [5, 5.41) is 0. The molecule has 3 aromatic carbocycles. The van der Waals surface area contributed by atoms with E-state index in [1.54, 1.807) is 30.3 Å². The molecule has 0 amide bonds. The minimum Gasteiger partial charge on any atom is -0.344 e. The van der Waals surface area contributed by atoms with E-state index in [0.29, 0.717) is 62.8 Å². The largest absolute Gasteiger partial charge is 0.344 e. The van der Waals surface area contributed by atoms with Gasteiger partial charge in [0.25, 0.3) is 20.2 Å². The zero-order valence-corrected chi connectivity index (χ0v) is 34.8. The van der Waals surface area contributed by atoms with Gasteiger partial charge in [0.05, 0.1) is 26.7 Å². The molecule has 0 atom stereocenters. The summed E-state index contributed by atoms with van der Waals surface area (Å²) in [5.41, 5.74) is 6.71. The Morgan fingerprint density at radius 2 is 1.29 bits per heavy atom. The van der Waals surface area contributed by atoms with Crippen molar-refractivity contribution in [1.82, 2.24) is 0 Å². The van der Waals surface area contributed by atoms with E-state index in [1.165, 1.54) is 0 Å². The molecule has 0 spiro atoms. The van der Waals surface area contributed by atoms with E-state index in [9.17, 15) is 34.4 Å². The average Bonchev–Trinajstić information content (AvgIpc) is 3.72. The molecule has 6 rings (SSSR count). The van der Waals surface area contributed by atoms with Crippen molar-refractivity contribution in [2.45, 2.75) is 81.9 Å². The van der Waals surface area contributed by atoms with E-state index in [0.717, 1.165) is 33.9 Å². The Kier molecular flexibility index (Phi) is 11.9. The van der Waals surface area contributed by atoms with E-state index < -0.39 is 40.9 Å². The molecule has 10 nitrogen and oxygen atoms in total. The number of hydrogen-bond acceptors (Lipinski definition) is 7. The predicted octanol–water partition coefficient (Wildman–Crippen LogP) is 8.08. The molecule has 1 aliphatic carbocycles. The number of sulfone groups is 1. The molecule has 298 valence electrons. The van der Waals surface area contributed by atoms with Gasteiger partial charge in [-0.05, 0) is 86.9 Å². The normalized spacial score (nSPS) is 19.5. The van der Waals surface area contributed by atoms with Crippen LogP contribution in [-0.2, 0) is 40.9 Å². The molecule has 0 fully saturated rings. The molecule has 3 aromatic rings. The summed E-state index contributed by atoms with van der Waals surface area (Å²) < 4.78 is 95.6. The van der Waals surface area contributed by atoms with Gasteiger partial charge in [-0.1, -0.05) is 80.6 Å². The summed E-state index contributed by atoms with van der Waals surface area (Å²) in [5.74, 6) is -0.629. The number of allylic oxidation sites excluding steroid dienone is 7. The van der Waals surface area contributed by atoms with Crippen LogP contribution in [0.4, 0.5) is 11.4 Å². The van der Waals surface area contributed by atoms with Crippen LogP contribution in [0.1, 0.15) is 77.3 Å². The molecule has 0 radical (unpaired) electrons. The summed E-state index contributed by atoms with van der Waals surface area (Å²) in [4.78, 5) is 2.65. The van der Waals surface area contributed by atoms with E-state index in [1.807, 2.05) is 60.7 Å². The lowest BCUT2D eigenvalue weighted by atomic mass is 9.81. The van der Waals surface area contributed by atoms with Crippen LogP contribution in [0.5, 0.6) is 0 Å². The van der Waals surface area contributed by atoms with Gasteiger partial charge in [-0.3, -0.25) is 9.11 Å². The van der Waals surface area contributed by atoms with Gasteiger partial charge >= 0.3 is 0 Å². The van der Waals surface area contributed by atoms with Gasteiger partial charge in [0, 0.05) is 47.5 Å². The van der Waals surface area contributed by atoms with Gasteiger partial charge in [-0.2, -0.15) is 21.4 Å². The smallest absolute Gasteiger partial charge is 0.264 e. The second-order valence-electron chi connectivity index (χ2n) is 15.7. The number of benzene rings is 3. The van der Waals surface area contributed by atoms with Gasteiger partial charge < -0.3 is 4.90 Å². The van der Waals surface area contributed by atoms with Crippen molar-refractivity contribution in [1.29, 1.82) is 0 Å². The first kappa shape index (κ1) is 41.5. The van der Waals surface area contributed by atoms with Crippen molar-refractivity contribution < 1.29 is 38.9 Å². The molecule has 13 heteroatoms. The van der Waals surface area contributed by atoms with E-state index in [2.05, 4.69) is 49.3 Å². The number of nitrogens with zero attached hydrogens (tertiary/aromatic N) is 2. The quantitative estimate of drug-likeness (QED) is 0.0882. The Bertz CT molecular complexity index is 2490. The average molecular weight is 820 g/mol. The fraction of sp³-hybridized carbons (Fsp3) is 0.372. The fourth-order valence-corrected chi connectivity index (χ4v) is 11.2. The first-order valence-electron chi connectivity index (χ1n) is 19.0. The van der Waals surface area contributed by atoms with E-state index in [4.69, 9.17) is 0 Å². The molecule has 0 unspecified atom stereocenters. The lowest BCUT2D eigenvalue weighted by molar-refractivity contribution is -0.438. The third-order valence-corrected chi connectivity index (χ3v) is 14.7. The van der Waals surface area contributed by atoms with Crippen LogP contribution < -0.4 is 4.90 Å². The van der Waals surface area contributed by atoms with E-state index >= 15 is 0 Å². The third-order valence-electron chi connectivity index (χ3n) is 11.1. The maximum Gasteiger partial charge on any atom is 0.264 e. The van der Waals surface area contributed by atoms with Crippen molar-refractivity contribution in [3.8, 4) is 0 Å². The van der Waals surface area contributed by atoms with Gasteiger partial charge in [0.15, 0.2) is 5.71 Å². The van der Waals surface area contributed by atoms with Crippen molar-refractivity contribution >= 4 is 47.2 Å². The van der Waals surface area contributed by atoms with Crippen LogP contribution in [0.25, 0.3) is 0 Å². The predicted molar refractivity (Wildman–Crippen MR) is 223 cm³/mol. The molecule has 0 bridgehead atoms. The number of para-hydroxylation sites is 2. The van der Waals surface area contributed by atoms with Crippen molar-refractivity contribution in [3.63, 3.8) is 0 Å². The highest BCUT2D eigenvalue weighted by molar-refractivity contribution is 7.95. The molecular weight excluding hydrogens is 769 g/mol. The summed E-state index contributed by atoms with van der Waals surface area (Å²) in [7, 11) is -12.1. The maximum absolute atomic E-state index is 14.6. The molecule has 0 aromatic heterocycles. The number of anilines is 1. The van der Waals surface area contributed by atoms with Crippen LogP contribution in [0.3, 0.4) is 0 Å². The Labute approximate surface area is 332 Å². The Morgan fingerprint density at radius 1 is 0.679 bits per heavy atom. The Hall–Kier alpha value is -4.14. The minimum absolute atomic E-state index is 0.206. The summed E-state index contributed by atoms with van der Waals surface area (Å²) in [6.45, 7) is 9.55. The second-order valence-corrected chi connectivity index (χ2v) is 20.7. The number of rotatable bonds is 15. The maximum atomic E-state index is 14.6. The monoisotopic (exact) mass is 819 g/mol. The first-order chi connectivity index (χ1) is 26.3. The SMILES string of the molecule is CC1(C)C(/C=C/C2=C(S(=O)(=O)c3ccccc3)C(=C/C=C3/N(CCCCS(=O)(=O)O)c4ccccc4C3(C)C)/CC2)=[N+](CCCCS(=O)(=O)O)c2ccccc21. The first-order valence-corrected chi connectivity index (χ1v) is 23.7. The summed E-state index contributed by atoms with van der Waals surface area (Å²) in [6.07, 6.45) is 10.5. The summed E-state index contributed by atoms with van der Waals surface area (Å²) in [6, 6.07) is 24.6. The zero-order chi connectivity index (χ0) is 40.5. The lowest BCUT2D eigenvalue weighted by Crippen LogP contribution is -2.28. The van der Waals surface area contributed by atoms with Gasteiger partial charge in [0.1, 0.15) is 6.54 Å². The fourth-order valence-electron chi connectivity index (χ4n) is 8.31. The standard InChI is InChI=1S/C43H50N2O8S3/c1-42(2)35-18-8-10-20-37(35)44(28-12-14-30-54(46,47)48)39(42)26-24-32-22-23-33(41(32)56(52,53)34-16-6-5-7-17-34)25-27-40-43(3,4)36-19-9-11-21-38(36)45(40)29-13-15-31-55(49,50)51/h5-11,16-21,24-27H,12-15,22-23,28-31H2,1-4H3,(H-,46,47,48,49,50,51)/p+1. The molecule has 2 aliphatic heterocycles. The Balaban J connectivity index is 1.43. The summed E-state index contributed by atoms with van der Waals surface area (Å²) >= 11 is 0. The molecule has 2 N–H and O–H groups in total. The molecule has 3 aliphatic rings. The minimum atomic E-state index is -4.07. The molecule has 0 saturated carbocycles. The third kappa shape index (κ3) is 8.72. The van der Waals surface area contributed by atoms with Crippen LogP contribution in [0.2, 0.25) is 0 Å². The highest BCUT2D eigenvalue weighted by Crippen LogP contribution is 2.48. The van der Waals surface area contributed by atoms with Crippen LogP contribution in [0.15, 0.2) is 130 Å². The highest BCUT2D eigenvalue weighted by atomic mass is 32.2. The lowest BCUT2D eigenvalue weighted by Gasteiger charge is -2.27. The molecular formula is C43H51N2O8S3+.